The molecule has 0 atom stereocenters. The van der Waals surface area contributed by atoms with Gasteiger partial charge in [-0.2, -0.15) is 0 Å². The van der Waals surface area contributed by atoms with Crippen molar-refractivity contribution in [3.8, 4) is 0 Å². The zero-order chi connectivity index (χ0) is 22.7. The zero-order valence-electron chi connectivity index (χ0n) is 17.2. The Bertz CT molecular complexity index is 1290. The number of nitrogens with one attached hydrogen (secondary N) is 2. The molecule has 9 nitrogen and oxygen atoms in total. The van der Waals surface area contributed by atoms with Crippen molar-refractivity contribution in [1.29, 1.82) is 0 Å². The van der Waals surface area contributed by atoms with Crippen molar-refractivity contribution in [3.05, 3.63) is 74.4 Å². The molecular weight excluding hydrogens is 434 g/mol. The lowest BCUT2D eigenvalue weighted by atomic mass is 10.2. The summed E-state index contributed by atoms with van der Waals surface area (Å²) in [7, 11) is 0. The van der Waals surface area contributed by atoms with Crippen molar-refractivity contribution in [2.24, 2.45) is 0 Å². The number of fused-ring (bicyclic) bond motifs is 1. The van der Waals surface area contributed by atoms with E-state index in [1.807, 2.05) is 0 Å². The van der Waals surface area contributed by atoms with Gasteiger partial charge < -0.3 is 20.1 Å². The van der Waals surface area contributed by atoms with Crippen LogP contribution in [0.15, 0.2) is 58.1 Å². The van der Waals surface area contributed by atoms with E-state index < -0.39 is 11.2 Å². The van der Waals surface area contributed by atoms with Crippen LogP contribution in [0.25, 0.3) is 10.9 Å². The molecule has 0 aliphatic carbocycles. The number of urea groups is 1. The van der Waals surface area contributed by atoms with Crippen molar-refractivity contribution < 1.29 is 9.59 Å². The molecule has 0 bridgehead atoms. The number of aromatic amines is 1. The molecule has 2 heterocycles. The lowest BCUT2D eigenvalue weighted by Crippen LogP contribution is -2.44. The van der Waals surface area contributed by atoms with Gasteiger partial charge in [0.2, 0.25) is 5.91 Å². The molecule has 3 aromatic rings. The van der Waals surface area contributed by atoms with E-state index in [4.69, 9.17) is 11.6 Å². The number of H-pyrrole nitrogens is 1. The number of carbonyl (C=O) groups is 2. The predicted octanol–water partition coefficient (Wildman–Crippen LogP) is 2.11. The molecule has 2 aromatic carbocycles. The summed E-state index contributed by atoms with van der Waals surface area (Å²) in [5.41, 5.74) is -0.105. The largest absolute Gasteiger partial charge is 0.339 e. The number of para-hydroxylation sites is 1. The Morgan fingerprint density at radius 3 is 2.53 bits per heavy atom. The minimum atomic E-state index is -0.626. The Hall–Kier alpha value is -3.59. The highest BCUT2D eigenvalue weighted by molar-refractivity contribution is 6.30. The number of aromatic nitrogens is 2. The number of carbonyl (C=O) groups excluding carboxylic acids is 2. The summed E-state index contributed by atoms with van der Waals surface area (Å²) in [6, 6.07) is 13.3. The smallest absolute Gasteiger partial charge is 0.329 e. The first kappa shape index (κ1) is 21.6. The molecule has 2 N–H and O–H groups in total. The fraction of sp³-hybridized carbons (Fsp3) is 0.273. The van der Waals surface area contributed by atoms with Crippen LogP contribution < -0.4 is 16.6 Å². The molecule has 3 amide bonds. The fourth-order valence-corrected chi connectivity index (χ4v) is 3.91. The average Bonchev–Trinajstić information content (AvgIpc) is 3.03. The summed E-state index contributed by atoms with van der Waals surface area (Å²) in [6.45, 7) is 1.20. The van der Waals surface area contributed by atoms with Crippen LogP contribution in [0.5, 0.6) is 0 Å². The summed E-state index contributed by atoms with van der Waals surface area (Å²) >= 11 is 5.96. The van der Waals surface area contributed by atoms with Gasteiger partial charge in [-0.15, -0.1) is 0 Å². The van der Waals surface area contributed by atoms with Gasteiger partial charge in [0.15, 0.2) is 0 Å². The first-order valence-corrected chi connectivity index (χ1v) is 10.6. The zero-order valence-corrected chi connectivity index (χ0v) is 18.0. The highest BCUT2D eigenvalue weighted by Gasteiger charge is 2.23. The average molecular weight is 456 g/mol. The molecule has 1 aliphatic rings. The van der Waals surface area contributed by atoms with E-state index in [1.54, 1.807) is 58.3 Å². The molecule has 0 unspecified atom stereocenters. The normalized spacial score (nSPS) is 14.3. The summed E-state index contributed by atoms with van der Waals surface area (Å²) in [5, 5.41) is 3.67. The predicted molar refractivity (Wildman–Crippen MR) is 122 cm³/mol. The van der Waals surface area contributed by atoms with Crippen LogP contribution in [0.3, 0.4) is 0 Å². The van der Waals surface area contributed by atoms with E-state index in [0.29, 0.717) is 54.2 Å². The number of benzene rings is 2. The van der Waals surface area contributed by atoms with Crippen LogP contribution in [-0.2, 0) is 11.3 Å². The molecule has 166 valence electrons. The summed E-state index contributed by atoms with van der Waals surface area (Å²) in [5.74, 6) is -0.343. The molecule has 32 heavy (non-hydrogen) atoms. The van der Waals surface area contributed by atoms with Crippen LogP contribution in [0.1, 0.15) is 6.42 Å². The highest BCUT2D eigenvalue weighted by atomic mass is 35.5. The Morgan fingerprint density at radius 2 is 1.72 bits per heavy atom. The number of hydrogen-bond donors (Lipinski definition) is 2. The monoisotopic (exact) mass is 455 g/mol. The Morgan fingerprint density at radius 1 is 0.969 bits per heavy atom. The molecule has 1 saturated heterocycles. The van der Waals surface area contributed by atoms with Crippen molar-refractivity contribution in [2.45, 2.75) is 13.0 Å². The van der Waals surface area contributed by atoms with E-state index in [9.17, 15) is 19.2 Å². The van der Waals surface area contributed by atoms with E-state index >= 15 is 0 Å². The van der Waals surface area contributed by atoms with E-state index in [2.05, 4.69) is 10.3 Å². The SMILES string of the molecule is O=C(Cn1c(=O)[nH]c2ccccc2c1=O)N1CCCN(C(=O)Nc2cccc(Cl)c2)CC1. The second-order valence-corrected chi connectivity index (χ2v) is 7.97. The minimum Gasteiger partial charge on any atom is -0.339 e. The van der Waals surface area contributed by atoms with Gasteiger partial charge in [-0.3, -0.25) is 14.2 Å². The Balaban J connectivity index is 1.42. The third-order valence-corrected chi connectivity index (χ3v) is 5.63. The van der Waals surface area contributed by atoms with Gasteiger partial charge in [-0.05, 0) is 36.8 Å². The highest BCUT2D eigenvalue weighted by Crippen LogP contribution is 2.16. The quantitative estimate of drug-likeness (QED) is 0.630. The first-order chi connectivity index (χ1) is 15.4. The van der Waals surface area contributed by atoms with Crippen LogP contribution in [0.2, 0.25) is 5.02 Å². The maximum absolute atomic E-state index is 12.8. The molecule has 0 spiro atoms. The van der Waals surface area contributed by atoms with Gasteiger partial charge >= 0.3 is 11.7 Å². The van der Waals surface area contributed by atoms with Crippen molar-refractivity contribution in [3.63, 3.8) is 0 Å². The van der Waals surface area contributed by atoms with Crippen LogP contribution in [-0.4, -0.2) is 57.5 Å². The number of anilines is 1. The van der Waals surface area contributed by atoms with Crippen molar-refractivity contribution in [1.82, 2.24) is 19.4 Å². The molecule has 1 aromatic heterocycles. The molecule has 1 fully saturated rings. The second-order valence-electron chi connectivity index (χ2n) is 7.53. The topological polar surface area (TPSA) is 108 Å². The number of nitrogens with zero attached hydrogens (tertiary/aromatic N) is 3. The van der Waals surface area contributed by atoms with Crippen molar-refractivity contribution in [2.75, 3.05) is 31.5 Å². The van der Waals surface area contributed by atoms with Gasteiger partial charge in [0.1, 0.15) is 6.54 Å². The third-order valence-electron chi connectivity index (χ3n) is 5.39. The van der Waals surface area contributed by atoms with E-state index in [-0.39, 0.29) is 18.5 Å². The number of halogens is 1. The van der Waals surface area contributed by atoms with Crippen LogP contribution in [0.4, 0.5) is 10.5 Å². The maximum Gasteiger partial charge on any atom is 0.329 e. The van der Waals surface area contributed by atoms with Gasteiger partial charge in [-0.1, -0.05) is 29.8 Å². The van der Waals surface area contributed by atoms with Crippen molar-refractivity contribution >= 4 is 40.1 Å². The van der Waals surface area contributed by atoms with Crippen LogP contribution in [0, 0.1) is 0 Å². The van der Waals surface area contributed by atoms with Gasteiger partial charge in [-0.25, -0.2) is 9.59 Å². The number of hydrogen-bond acceptors (Lipinski definition) is 4. The van der Waals surface area contributed by atoms with E-state index in [1.165, 1.54) is 0 Å². The third kappa shape index (κ3) is 4.67. The number of amides is 3. The van der Waals surface area contributed by atoms with Gasteiger partial charge in [0.25, 0.3) is 5.56 Å². The summed E-state index contributed by atoms with van der Waals surface area (Å²) < 4.78 is 0.916. The van der Waals surface area contributed by atoms with Crippen LogP contribution >= 0.6 is 11.6 Å². The molecule has 1 aliphatic heterocycles. The minimum absolute atomic E-state index is 0.274. The number of rotatable bonds is 3. The summed E-state index contributed by atoms with van der Waals surface area (Å²) in [4.78, 5) is 56.3. The molecule has 0 saturated carbocycles. The maximum atomic E-state index is 12.8. The standard InChI is InChI=1S/C22H22ClN5O4/c23-15-5-3-6-16(13-15)24-21(31)27-10-4-9-26(11-12-27)19(29)14-28-20(30)17-7-1-2-8-18(17)25-22(28)32/h1-3,5-8,13H,4,9-12,14H2,(H,24,31)(H,25,32). The lowest BCUT2D eigenvalue weighted by Gasteiger charge is -2.22. The van der Waals surface area contributed by atoms with Gasteiger partial charge in [0.05, 0.1) is 10.9 Å². The first-order valence-electron chi connectivity index (χ1n) is 10.2. The lowest BCUT2D eigenvalue weighted by molar-refractivity contribution is -0.131. The molecule has 4 rings (SSSR count). The Kier molecular flexibility index (Phi) is 6.27. The van der Waals surface area contributed by atoms with E-state index in [0.717, 1.165) is 4.57 Å². The summed E-state index contributed by atoms with van der Waals surface area (Å²) in [6.07, 6.45) is 0.581. The molecular formula is C22H22ClN5O4. The second kappa shape index (κ2) is 9.27. The fourth-order valence-electron chi connectivity index (χ4n) is 3.72. The van der Waals surface area contributed by atoms with Gasteiger partial charge in [0, 0.05) is 36.9 Å². The molecule has 10 heteroatoms. The molecule has 0 radical (unpaired) electrons. The Labute approximate surface area is 188 Å².